The molecule has 0 heterocycles. The summed E-state index contributed by atoms with van der Waals surface area (Å²) in [6.45, 7) is 8.72. The van der Waals surface area contributed by atoms with E-state index in [0.717, 1.165) is 6.42 Å². The van der Waals surface area contributed by atoms with Crippen molar-refractivity contribution in [2.24, 2.45) is 0 Å². The van der Waals surface area contributed by atoms with Crippen LogP contribution in [0.1, 0.15) is 51.8 Å². The average Bonchev–Trinajstić information content (AvgIpc) is 3.41. The molecule has 1 unspecified atom stereocenters. The normalized spacial score (nSPS) is 14.3. The molecule has 2 aliphatic carbocycles. The van der Waals surface area contributed by atoms with Crippen LogP contribution in [0.15, 0.2) is 78.4 Å². The van der Waals surface area contributed by atoms with Crippen LogP contribution in [0, 0.1) is 19.9 Å². The Morgan fingerprint density at radius 1 is 0.800 bits per heavy atom. The van der Waals surface area contributed by atoms with Gasteiger partial charge in [-0.05, 0) is 46.7 Å². The third-order valence-electron chi connectivity index (χ3n) is 7.19. The molecule has 2 aliphatic rings. The van der Waals surface area contributed by atoms with Gasteiger partial charge in [0.05, 0.1) is 0 Å². The first-order valence-corrected chi connectivity index (χ1v) is 17.4. The van der Waals surface area contributed by atoms with E-state index >= 15 is 0 Å². The topological polar surface area (TPSA) is 0 Å². The summed E-state index contributed by atoms with van der Waals surface area (Å²) in [6, 6.07) is 30.3. The third-order valence-corrected chi connectivity index (χ3v) is 7.19. The summed E-state index contributed by atoms with van der Waals surface area (Å²) >= 11 is 1.58. The molecule has 0 nitrogen and oxygen atoms in total. The fourth-order valence-corrected chi connectivity index (χ4v) is 5.63. The Morgan fingerprint density at radius 2 is 1.46 bits per heavy atom. The van der Waals surface area contributed by atoms with Crippen molar-refractivity contribution in [2.45, 2.75) is 33.1 Å². The zero-order chi connectivity index (χ0) is 23.1. The maximum absolute atomic E-state index is 3.84. The van der Waals surface area contributed by atoms with Crippen LogP contribution in [0.5, 0.6) is 0 Å². The Bertz CT molecular complexity index is 1410. The van der Waals surface area contributed by atoms with Crippen LogP contribution in [0.3, 0.4) is 0 Å². The fraction of sp³-hybridized carbons (Fsp3) is 0.161. The molecule has 6 rings (SSSR count). The number of benzene rings is 4. The second-order valence-electron chi connectivity index (χ2n) is 8.97. The van der Waals surface area contributed by atoms with Crippen LogP contribution in [-0.4, -0.2) is 6.88 Å². The van der Waals surface area contributed by atoms with Gasteiger partial charge in [-0.25, -0.2) is 0 Å². The summed E-state index contributed by atoms with van der Waals surface area (Å²) in [4.78, 5) is 0. The zero-order valence-corrected chi connectivity index (χ0v) is 25.6. The monoisotopic (exact) mass is 587 g/mol. The van der Waals surface area contributed by atoms with E-state index in [9.17, 15) is 0 Å². The van der Waals surface area contributed by atoms with E-state index in [-0.39, 0.29) is 30.7 Å². The van der Waals surface area contributed by atoms with Crippen molar-refractivity contribution >= 4 is 13.0 Å². The summed E-state index contributed by atoms with van der Waals surface area (Å²) in [6.07, 6.45) is 3.41. The molecule has 35 heavy (non-hydrogen) atoms. The van der Waals surface area contributed by atoms with Gasteiger partial charge < -0.3 is 24.8 Å². The number of halogens is 2. The quantitative estimate of drug-likeness (QED) is 0.213. The standard InChI is InChI=1S/C31H25.2ClH.H2Si.Zr/c1-19-16-28(29-18-23-12-7-8-13-25(23)31(29)21(19)3)30-20(2)17-27-24(14-9-15-26(27)30)22-10-5-4-6-11-22;;;;/h4-15,17,30H,18H2,1-3H3;2*1H;1H2;/q-1;;;;+2/p-2. The van der Waals surface area contributed by atoms with Crippen molar-refractivity contribution in [3.63, 3.8) is 0 Å². The van der Waals surface area contributed by atoms with Crippen LogP contribution in [0.2, 0.25) is 0 Å². The van der Waals surface area contributed by atoms with E-state index in [0.29, 0.717) is 0 Å². The number of fused-ring (bicyclic) bond motifs is 4. The Kier molecular flexibility index (Phi) is 9.22. The molecule has 0 saturated carbocycles. The molecule has 0 aliphatic heterocycles. The minimum atomic E-state index is 0. The predicted molar refractivity (Wildman–Crippen MR) is 139 cm³/mol. The summed E-state index contributed by atoms with van der Waals surface area (Å²) in [7, 11) is 0. The van der Waals surface area contributed by atoms with Crippen molar-refractivity contribution in [3.05, 3.63) is 123 Å². The molecule has 174 valence electrons. The second-order valence-corrected chi connectivity index (χ2v) is 8.97. The number of allylic oxidation sites excluding steroid dienone is 1. The van der Waals surface area contributed by atoms with Gasteiger partial charge in [0.2, 0.25) is 0 Å². The Morgan fingerprint density at radius 3 is 2.20 bits per heavy atom. The Hall–Kier alpha value is -1.70. The van der Waals surface area contributed by atoms with Crippen molar-refractivity contribution in [2.75, 3.05) is 0 Å². The van der Waals surface area contributed by atoms with Crippen molar-refractivity contribution < 1.29 is 48.1 Å². The fourth-order valence-electron chi connectivity index (χ4n) is 5.63. The Balaban J connectivity index is 0.000000835. The molecule has 0 aromatic heterocycles. The molecule has 0 amide bonds. The molecule has 0 spiro atoms. The SMILES string of the molecule is CC1=Cc2c(-c3ccccc3)cccc2C1c1[c-]c(C)c(C)c2c1Cc1ccccc1-2.[Cl-].[Cl-].[SiH2]=[Zr+2]. The molecule has 0 fully saturated rings. The molecular formula is C31H27Cl2SiZr-. The summed E-state index contributed by atoms with van der Waals surface area (Å²) in [5.74, 6) is 0.279. The summed E-state index contributed by atoms with van der Waals surface area (Å²) < 4.78 is 0. The van der Waals surface area contributed by atoms with Crippen molar-refractivity contribution in [1.82, 2.24) is 0 Å². The van der Waals surface area contributed by atoms with Crippen LogP contribution >= 0.6 is 0 Å². The van der Waals surface area contributed by atoms with E-state index in [1.807, 2.05) is 6.88 Å². The van der Waals surface area contributed by atoms with Gasteiger partial charge >= 0.3 is 30.2 Å². The second kappa shape index (κ2) is 11.6. The van der Waals surface area contributed by atoms with Crippen LogP contribution < -0.4 is 24.8 Å². The molecule has 4 aromatic carbocycles. The number of hydrogen-bond acceptors (Lipinski definition) is 0. The molecule has 0 N–H and O–H groups in total. The number of rotatable bonds is 2. The molecule has 1 atom stereocenters. The van der Waals surface area contributed by atoms with Crippen LogP contribution in [0.25, 0.3) is 28.3 Å². The van der Waals surface area contributed by atoms with Crippen molar-refractivity contribution in [3.8, 4) is 22.3 Å². The van der Waals surface area contributed by atoms with E-state index in [1.54, 1.807) is 23.3 Å². The number of aryl methyl sites for hydroxylation is 1. The molecule has 4 aromatic rings. The van der Waals surface area contributed by atoms with Gasteiger partial charge in [0.25, 0.3) is 0 Å². The summed E-state index contributed by atoms with van der Waals surface area (Å²) in [5.41, 5.74) is 16.6. The molecule has 4 heteroatoms. The van der Waals surface area contributed by atoms with E-state index in [2.05, 4.69) is 106 Å². The molecular weight excluding hydrogens is 563 g/mol. The molecule has 0 bridgehead atoms. The first-order chi connectivity index (χ1) is 16.1. The minimum absolute atomic E-state index is 0. The van der Waals surface area contributed by atoms with E-state index in [4.69, 9.17) is 0 Å². The van der Waals surface area contributed by atoms with Gasteiger partial charge in [0.15, 0.2) is 0 Å². The van der Waals surface area contributed by atoms with Gasteiger partial charge in [0, 0.05) is 5.92 Å². The van der Waals surface area contributed by atoms with E-state index < -0.39 is 0 Å². The van der Waals surface area contributed by atoms with Gasteiger partial charge in [-0.1, -0.05) is 98.3 Å². The third kappa shape index (κ3) is 4.72. The van der Waals surface area contributed by atoms with Crippen LogP contribution in [-0.2, 0) is 29.8 Å². The van der Waals surface area contributed by atoms with E-state index in [1.165, 1.54) is 66.8 Å². The number of hydrogen-bond donors (Lipinski definition) is 0. The van der Waals surface area contributed by atoms with Gasteiger partial charge in [-0.15, -0.1) is 22.3 Å². The van der Waals surface area contributed by atoms with Gasteiger partial charge in [-0.2, -0.15) is 11.6 Å². The van der Waals surface area contributed by atoms with Crippen molar-refractivity contribution in [1.29, 1.82) is 0 Å². The zero-order valence-electron chi connectivity index (χ0n) is 20.3. The first-order valence-electron chi connectivity index (χ1n) is 11.5. The van der Waals surface area contributed by atoms with Crippen LogP contribution in [0.4, 0.5) is 0 Å². The molecule has 0 saturated heterocycles. The summed E-state index contributed by atoms with van der Waals surface area (Å²) in [5, 5.41) is 0. The first kappa shape index (κ1) is 27.9. The molecule has 0 radical (unpaired) electrons. The predicted octanol–water partition coefficient (Wildman–Crippen LogP) is 0.980. The van der Waals surface area contributed by atoms with Gasteiger partial charge in [0.1, 0.15) is 0 Å². The van der Waals surface area contributed by atoms with Gasteiger partial charge in [-0.3, -0.25) is 0 Å². The maximum atomic E-state index is 3.84. The Labute approximate surface area is 238 Å². The average molecular weight is 590 g/mol.